The summed E-state index contributed by atoms with van der Waals surface area (Å²) in [6.07, 6.45) is 0.741. The lowest BCUT2D eigenvalue weighted by atomic mass is 9.83. The van der Waals surface area contributed by atoms with Gasteiger partial charge in [-0.15, -0.1) is 0 Å². The summed E-state index contributed by atoms with van der Waals surface area (Å²) < 4.78 is 7.56. The first-order valence-electron chi connectivity index (χ1n) is 7.26. The Kier molecular flexibility index (Phi) is 3.06. The number of hydrogen-bond donors (Lipinski definition) is 0. The maximum atomic E-state index is 12.6. The average Bonchev–Trinajstić information content (AvgIpc) is 2.71. The summed E-state index contributed by atoms with van der Waals surface area (Å²) in [5.74, 6) is -0.0686. The largest absolute Gasteiger partial charge is 0.369 e. The third kappa shape index (κ3) is 2.12. The molecule has 0 bridgehead atoms. The smallest absolute Gasteiger partial charge is 0.274 e. The summed E-state index contributed by atoms with van der Waals surface area (Å²) in [4.78, 5) is 14.3. The van der Waals surface area contributed by atoms with Crippen LogP contribution in [0.3, 0.4) is 0 Å². The molecule has 21 heavy (non-hydrogen) atoms. The third-order valence-corrected chi connectivity index (χ3v) is 4.35. The van der Waals surface area contributed by atoms with Crippen molar-refractivity contribution in [3.63, 3.8) is 0 Å². The van der Waals surface area contributed by atoms with E-state index in [-0.39, 0.29) is 18.1 Å². The van der Waals surface area contributed by atoms with Gasteiger partial charge in [0, 0.05) is 32.1 Å². The summed E-state index contributed by atoms with van der Waals surface area (Å²) >= 11 is 0. The standard InChI is InChI=1S/C15H20N4O2/c1-9-5-11-12(17-18(4)13(11)10(2)21-9)14(20)19-7-15(3,6-16)8-19/h9-10H,5,7-8H2,1-4H3/t9-,10+/m1/s1. The Morgan fingerprint density at radius 3 is 2.76 bits per heavy atom. The monoisotopic (exact) mass is 288 g/mol. The number of nitriles is 1. The van der Waals surface area contributed by atoms with Crippen molar-refractivity contribution in [1.29, 1.82) is 5.26 Å². The number of aromatic nitrogens is 2. The van der Waals surface area contributed by atoms with E-state index < -0.39 is 5.41 Å². The molecular formula is C15H20N4O2. The Balaban J connectivity index is 1.89. The summed E-state index contributed by atoms with van der Waals surface area (Å²) in [5.41, 5.74) is 2.10. The van der Waals surface area contributed by atoms with E-state index in [0.29, 0.717) is 25.2 Å². The number of nitrogens with zero attached hydrogens (tertiary/aromatic N) is 4. The highest BCUT2D eigenvalue weighted by molar-refractivity contribution is 5.95. The van der Waals surface area contributed by atoms with Crippen LogP contribution in [0, 0.1) is 16.7 Å². The van der Waals surface area contributed by atoms with Gasteiger partial charge in [-0.25, -0.2) is 0 Å². The quantitative estimate of drug-likeness (QED) is 0.783. The molecule has 3 rings (SSSR count). The van der Waals surface area contributed by atoms with Crippen LogP contribution in [0.25, 0.3) is 0 Å². The molecule has 0 aromatic carbocycles. The molecule has 0 spiro atoms. The number of ether oxygens (including phenoxy) is 1. The summed E-state index contributed by atoms with van der Waals surface area (Å²) in [6, 6.07) is 2.26. The second kappa shape index (κ2) is 4.57. The number of carbonyl (C=O) groups is 1. The van der Waals surface area contributed by atoms with Crippen LogP contribution >= 0.6 is 0 Å². The first kappa shape index (κ1) is 14.1. The van der Waals surface area contributed by atoms with Crippen molar-refractivity contribution in [2.45, 2.75) is 39.4 Å². The second-order valence-corrected chi connectivity index (χ2v) is 6.46. The second-order valence-electron chi connectivity index (χ2n) is 6.46. The maximum Gasteiger partial charge on any atom is 0.274 e. The van der Waals surface area contributed by atoms with Crippen molar-refractivity contribution in [1.82, 2.24) is 14.7 Å². The van der Waals surface area contributed by atoms with Crippen molar-refractivity contribution in [2.24, 2.45) is 12.5 Å². The predicted molar refractivity (Wildman–Crippen MR) is 75.5 cm³/mol. The van der Waals surface area contributed by atoms with E-state index in [4.69, 9.17) is 10.00 Å². The van der Waals surface area contributed by atoms with E-state index in [0.717, 1.165) is 11.3 Å². The maximum absolute atomic E-state index is 12.6. The molecule has 1 saturated heterocycles. The molecule has 1 fully saturated rings. The molecule has 6 heteroatoms. The van der Waals surface area contributed by atoms with Gasteiger partial charge in [0.2, 0.25) is 0 Å². The van der Waals surface area contributed by atoms with Gasteiger partial charge in [0.25, 0.3) is 5.91 Å². The van der Waals surface area contributed by atoms with Gasteiger partial charge >= 0.3 is 0 Å². The van der Waals surface area contributed by atoms with E-state index in [9.17, 15) is 4.79 Å². The first-order valence-corrected chi connectivity index (χ1v) is 7.26. The fraction of sp³-hybridized carbons (Fsp3) is 0.667. The topological polar surface area (TPSA) is 71.2 Å². The average molecular weight is 288 g/mol. The molecule has 112 valence electrons. The highest BCUT2D eigenvalue weighted by Gasteiger charge is 2.43. The normalized spacial score (nSPS) is 26.7. The highest BCUT2D eigenvalue weighted by Crippen LogP contribution is 2.34. The molecule has 2 aliphatic rings. The number of aryl methyl sites for hydroxylation is 1. The SMILES string of the molecule is C[C@@H]1Cc2c(C(=O)N3CC(C)(C#N)C3)nn(C)c2[C@H](C)O1. The number of fused-ring (bicyclic) bond motifs is 1. The van der Waals surface area contributed by atoms with Crippen molar-refractivity contribution < 1.29 is 9.53 Å². The Hall–Kier alpha value is -1.87. The number of rotatable bonds is 1. The van der Waals surface area contributed by atoms with Crippen LogP contribution in [0.4, 0.5) is 0 Å². The molecule has 2 aliphatic heterocycles. The molecule has 0 aliphatic carbocycles. The molecule has 0 unspecified atom stereocenters. The van der Waals surface area contributed by atoms with E-state index in [1.165, 1.54) is 0 Å². The molecule has 1 aromatic rings. The summed E-state index contributed by atoms with van der Waals surface area (Å²) in [6.45, 7) is 6.84. The number of amides is 1. The van der Waals surface area contributed by atoms with Crippen LogP contribution in [0.5, 0.6) is 0 Å². The Bertz CT molecular complexity index is 637. The molecule has 0 N–H and O–H groups in total. The zero-order valence-corrected chi connectivity index (χ0v) is 12.9. The Labute approximate surface area is 124 Å². The van der Waals surface area contributed by atoms with Crippen molar-refractivity contribution in [3.8, 4) is 6.07 Å². The van der Waals surface area contributed by atoms with Crippen molar-refractivity contribution in [3.05, 3.63) is 17.0 Å². The molecule has 2 atom stereocenters. The number of hydrogen-bond acceptors (Lipinski definition) is 4. The fourth-order valence-electron chi connectivity index (χ4n) is 3.37. The molecular weight excluding hydrogens is 268 g/mol. The van der Waals surface area contributed by atoms with Gasteiger partial charge in [-0.2, -0.15) is 10.4 Å². The van der Waals surface area contributed by atoms with Crippen LogP contribution in [-0.4, -0.2) is 39.8 Å². The van der Waals surface area contributed by atoms with E-state index >= 15 is 0 Å². The van der Waals surface area contributed by atoms with Gasteiger partial charge in [0.1, 0.15) is 0 Å². The minimum atomic E-state index is -0.409. The lowest BCUT2D eigenvalue weighted by molar-refractivity contribution is -0.00917. The van der Waals surface area contributed by atoms with Gasteiger partial charge in [-0.05, 0) is 20.8 Å². The van der Waals surface area contributed by atoms with Crippen LogP contribution in [-0.2, 0) is 18.2 Å². The van der Waals surface area contributed by atoms with Crippen LogP contribution in [0.2, 0.25) is 0 Å². The van der Waals surface area contributed by atoms with Crippen LogP contribution in [0.15, 0.2) is 0 Å². The molecule has 1 amide bonds. The molecule has 6 nitrogen and oxygen atoms in total. The zero-order valence-electron chi connectivity index (χ0n) is 12.9. The Morgan fingerprint density at radius 2 is 2.14 bits per heavy atom. The molecule has 0 saturated carbocycles. The number of carbonyl (C=O) groups excluding carboxylic acids is 1. The highest BCUT2D eigenvalue weighted by atomic mass is 16.5. The van der Waals surface area contributed by atoms with E-state index in [2.05, 4.69) is 11.2 Å². The summed E-state index contributed by atoms with van der Waals surface area (Å²) in [7, 11) is 1.85. The van der Waals surface area contributed by atoms with Crippen LogP contribution in [0.1, 0.15) is 48.6 Å². The minimum Gasteiger partial charge on any atom is -0.369 e. The molecule has 1 aromatic heterocycles. The third-order valence-electron chi connectivity index (χ3n) is 4.35. The lowest BCUT2D eigenvalue weighted by Crippen LogP contribution is -2.56. The van der Waals surface area contributed by atoms with Crippen LogP contribution < -0.4 is 0 Å². The first-order chi connectivity index (χ1) is 9.84. The van der Waals surface area contributed by atoms with E-state index in [1.807, 2.05) is 27.8 Å². The Morgan fingerprint density at radius 1 is 1.48 bits per heavy atom. The van der Waals surface area contributed by atoms with Crippen molar-refractivity contribution >= 4 is 5.91 Å². The predicted octanol–water partition coefficient (Wildman–Crippen LogP) is 1.43. The number of likely N-dealkylation sites (tertiary alicyclic amines) is 1. The van der Waals surface area contributed by atoms with E-state index in [1.54, 1.807) is 9.58 Å². The zero-order chi connectivity index (χ0) is 15.4. The van der Waals surface area contributed by atoms with Gasteiger partial charge in [0.15, 0.2) is 5.69 Å². The molecule has 0 radical (unpaired) electrons. The van der Waals surface area contributed by atoms with Gasteiger partial charge in [0.05, 0.1) is 29.4 Å². The fourth-order valence-corrected chi connectivity index (χ4v) is 3.37. The van der Waals surface area contributed by atoms with Gasteiger partial charge < -0.3 is 9.64 Å². The lowest BCUT2D eigenvalue weighted by Gasteiger charge is -2.43. The molecule has 3 heterocycles. The summed E-state index contributed by atoms with van der Waals surface area (Å²) in [5, 5.41) is 13.5. The van der Waals surface area contributed by atoms with Crippen molar-refractivity contribution in [2.75, 3.05) is 13.1 Å². The minimum absolute atomic E-state index is 0.0523. The van der Waals surface area contributed by atoms with Gasteiger partial charge in [-0.1, -0.05) is 0 Å². The van der Waals surface area contributed by atoms with Gasteiger partial charge in [-0.3, -0.25) is 9.48 Å².